The molecule has 3 nitrogen and oxygen atoms in total. The second-order valence-corrected chi connectivity index (χ2v) is 8.13. The molecule has 0 saturated carbocycles. The topological polar surface area (TPSA) is 21.7 Å². The van der Waals surface area contributed by atoms with Gasteiger partial charge in [-0.2, -0.15) is 0 Å². The van der Waals surface area contributed by atoms with Crippen molar-refractivity contribution >= 4 is 45.8 Å². The van der Waals surface area contributed by atoms with E-state index in [1.54, 1.807) is 13.2 Å². The van der Waals surface area contributed by atoms with Crippen LogP contribution in [0, 0.1) is 3.57 Å². The summed E-state index contributed by atoms with van der Waals surface area (Å²) in [4.78, 5) is 2.42. The Morgan fingerprint density at radius 1 is 1.24 bits per heavy atom. The number of rotatable bonds is 5. The Bertz CT molecular complexity index is 701. The van der Waals surface area contributed by atoms with Gasteiger partial charge in [0.1, 0.15) is 5.75 Å². The van der Waals surface area contributed by atoms with Crippen LogP contribution in [-0.2, 0) is 17.7 Å². The molecule has 3 rings (SSSR count). The predicted molar refractivity (Wildman–Crippen MR) is 111 cm³/mol. The van der Waals surface area contributed by atoms with Crippen LogP contribution >= 0.6 is 45.8 Å². The van der Waals surface area contributed by atoms with E-state index < -0.39 is 0 Å². The van der Waals surface area contributed by atoms with Crippen molar-refractivity contribution in [3.05, 3.63) is 61.1 Å². The molecule has 1 heterocycles. The Morgan fingerprint density at radius 3 is 2.68 bits per heavy atom. The Balaban J connectivity index is 1.63. The standard InChI is InChI=1S/C19H20Cl2INO2/c1-24-15-4-2-13(3-5-15)11-23-6-7-25-16(12-23)10-17-18(21)8-14(20)9-19(17)22/h2-5,8-9,16H,6-7,10-12H2,1H3. The van der Waals surface area contributed by atoms with Gasteiger partial charge < -0.3 is 9.47 Å². The van der Waals surface area contributed by atoms with Crippen LogP contribution < -0.4 is 4.74 Å². The van der Waals surface area contributed by atoms with Gasteiger partial charge in [0.2, 0.25) is 0 Å². The van der Waals surface area contributed by atoms with Crippen LogP contribution in [0.4, 0.5) is 0 Å². The number of methoxy groups -OCH3 is 1. The highest BCUT2D eigenvalue weighted by Gasteiger charge is 2.23. The molecule has 25 heavy (non-hydrogen) atoms. The quantitative estimate of drug-likeness (QED) is 0.546. The number of hydrogen-bond acceptors (Lipinski definition) is 3. The molecular formula is C19H20Cl2INO2. The molecule has 0 aromatic heterocycles. The van der Waals surface area contributed by atoms with Gasteiger partial charge >= 0.3 is 0 Å². The summed E-state index contributed by atoms with van der Waals surface area (Å²) >= 11 is 14.7. The molecule has 2 aromatic rings. The van der Waals surface area contributed by atoms with E-state index in [1.165, 1.54) is 5.56 Å². The normalized spacial score (nSPS) is 18.3. The van der Waals surface area contributed by atoms with Crippen LogP contribution in [0.1, 0.15) is 11.1 Å². The Kier molecular flexibility index (Phi) is 6.86. The zero-order valence-corrected chi connectivity index (χ0v) is 17.6. The molecule has 1 saturated heterocycles. The van der Waals surface area contributed by atoms with E-state index in [9.17, 15) is 0 Å². The SMILES string of the molecule is COc1ccc(CN2CCOC(Cc3c(Cl)cc(Cl)cc3I)C2)cc1. The van der Waals surface area contributed by atoms with Gasteiger partial charge in [0.05, 0.1) is 19.8 Å². The Morgan fingerprint density at radius 2 is 2.00 bits per heavy atom. The maximum absolute atomic E-state index is 6.38. The predicted octanol–water partition coefficient (Wildman–Crippen LogP) is 5.05. The second kappa shape index (κ2) is 8.91. The third kappa shape index (κ3) is 5.23. The van der Waals surface area contributed by atoms with Gasteiger partial charge in [0.25, 0.3) is 0 Å². The first-order valence-corrected chi connectivity index (χ1v) is 9.99. The van der Waals surface area contributed by atoms with Gasteiger partial charge in [-0.3, -0.25) is 4.90 Å². The molecule has 1 atom stereocenters. The maximum Gasteiger partial charge on any atom is 0.118 e. The minimum atomic E-state index is 0.138. The minimum absolute atomic E-state index is 0.138. The lowest BCUT2D eigenvalue weighted by atomic mass is 10.1. The van der Waals surface area contributed by atoms with E-state index in [1.807, 2.05) is 18.2 Å². The molecule has 1 fully saturated rings. The molecule has 0 bridgehead atoms. The van der Waals surface area contributed by atoms with Crippen LogP contribution in [0.25, 0.3) is 0 Å². The van der Waals surface area contributed by atoms with E-state index in [0.29, 0.717) is 10.0 Å². The van der Waals surface area contributed by atoms with Gasteiger partial charge in [-0.15, -0.1) is 0 Å². The van der Waals surface area contributed by atoms with Crippen molar-refractivity contribution in [3.8, 4) is 5.75 Å². The summed E-state index contributed by atoms with van der Waals surface area (Å²) in [5.74, 6) is 0.885. The zero-order chi connectivity index (χ0) is 17.8. The second-order valence-electron chi connectivity index (χ2n) is 6.13. The third-order valence-electron chi connectivity index (χ3n) is 4.33. The molecule has 0 N–H and O–H groups in total. The van der Waals surface area contributed by atoms with Gasteiger partial charge in [0, 0.05) is 39.7 Å². The molecule has 0 aliphatic carbocycles. The van der Waals surface area contributed by atoms with E-state index in [0.717, 1.165) is 47.5 Å². The largest absolute Gasteiger partial charge is 0.497 e. The highest BCUT2D eigenvalue weighted by molar-refractivity contribution is 14.1. The summed E-state index contributed by atoms with van der Waals surface area (Å²) in [6.07, 6.45) is 0.937. The summed E-state index contributed by atoms with van der Waals surface area (Å²) in [7, 11) is 1.69. The number of nitrogens with zero attached hydrogens (tertiary/aromatic N) is 1. The van der Waals surface area contributed by atoms with Crippen molar-refractivity contribution < 1.29 is 9.47 Å². The summed E-state index contributed by atoms with van der Waals surface area (Å²) in [5, 5.41) is 1.39. The highest BCUT2D eigenvalue weighted by atomic mass is 127. The maximum atomic E-state index is 6.38. The smallest absolute Gasteiger partial charge is 0.118 e. The third-order valence-corrected chi connectivity index (χ3v) is 5.84. The van der Waals surface area contributed by atoms with E-state index >= 15 is 0 Å². The molecule has 0 radical (unpaired) electrons. The van der Waals surface area contributed by atoms with Gasteiger partial charge in [-0.1, -0.05) is 35.3 Å². The average Bonchev–Trinajstić information content (AvgIpc) is 2.59. The number of benzene rings is 2. The molecule has 2 aromatic carbocycles. The average molecular weight is 492 g/mol. The molecule has 0 spiro atoms. The molecular weight excluding hydrogens is 472 g/mol. The monoisotopic (exact) mass is 491 g/mol. The summed E-state index contributed by atoms with van der Waals surface area (Å²) < 4.78 is 12.3. The fourth-order valence-corrected chi connectivity index (χ4v) is 4.79. The summed E-state index contributed by atoms with van der Waals surface area (Å²) in [6.45, 7) is 3.48. The van der Waals surface area contributed by atoms with Crippen LogP contribution in [0.5, 0.6) is 5.75 Å². The van der Waals surface area contributed by atoms with Crippen molar-refractivity contribution in [2.24, 2.45) is 0 Å². The van der Waals surface area contributed by atoms with Crippen LogP contribution in [0.15, 0.2) is 36.4 Å². The first kappa shape index (κ1) is 19.2. The fourth-order valence-electron chi connectivity index (χ4n) is 3.03. The first-order chi connectivity index (χ1) is 12.0. The van der Waals surface area contributed by atoms with E-state index in [-0.39, 0.29) is 6.10 Å². The lowest BCUT2D eigenvalue weighted by Gasteiger charge is -2.33. The fraction of sp³-hybridized carbons (Fsp3) is 0.368. The molecule has 0 amide bonds. The van der Waals surface area contributed by atoms with Crippen LogP contribution in [0.2, 0.25) is 10.0 Å². The molecule has 1 unspecified atom stereocenters. The Hall–Kier alpha value is -0.530. The molecule has 1 aliphatic rings. The van der Waals surface area contributed by atoms with Gasteiger partial charge in [-0.25, -0.2) is 0 Å². The number of morpholine rings is 1. The lowest BCUT2D eigenvalue weighted by molar-refractivity contribution is -0.0305. The van der Waals surface area contributed by atoms with E-state index in [2.05, 4.69) is 39.6 Å². The van der Waals surface area contributed by atoms with Crippen molar-refractivity contribution in [3.63, 3.8) is 0 Å². The lowest BCUT2D eigenvalue weighted by Crippen LogP contribution is -2.43. The van der Waals surface area contributed by atoms with Gasteiger partial charge in [0.15, 0.2) is 0 Å². The number of hydrogen-bond donors (Lipinski definition) is 0. The molecule has 6 heteroatoms. The molecule has 1 aliphatic heterocycles. The summed E-state index contributed by atoms with van der Waals surface area (Å²) in [6, 6.07) is 12.0. The summed E-state index contributed by atoms with van der Waals surface area (Å²) in [5.41, 5.74) is 2.39. The zero-order valence-electron chi connectivity index (χ0n) is 14.0. The van der Waals surface area contributed by atoms with Crippen LogP contribution in [-0.4, -0.2) is 37.8 Å². The molecule has 134 valence electrons. The number of ether oxygens (including phenoxy) is 2. The van der Waals surface area contributed by atoms with E-state index in [4.69, 9.17) is 32.7 Å². The van der Waals surface area contributed by atoms with Crippen molar-refractivity contribution in [1.29, 1.82) is 0 Å². The Labute approximate surface area is 172 Å². The number of halogens is 3. The minimum Gasteiger partial charge on any atom is -0.497 e. The first-order valence-electron chi connectivity index (χ1n) is 8.15. The van der Waals surface area contributed by atoms with Crippen LogP contribution in [0.3, 0.4) is 0 Å². The highest BCUT2D eigenvalue weighted by Crippen LogP contribution is 2.29. The van der Waals surface area contributed by atoms with Crippen molar-refractivity contribution in [2.75, 3.05) is 26.8 Å². The van der Waals surface area contributed by atoms with Crippen molar-refractivity contribution in [2.45, 2.75) is 19.1 Å². The van der Waals surface area contributed by atoms with Crippen molar-refractivity contribution in [1.82, 2.24) is 4.90 Å². The van der Waals surface area contributed by atoms with Gasteiger partial charge in [-0.05, 0) is 58.0 Å².